The van der Waals surface area contributed by atoms with Gasteiger partial charge < -0.3 is 5.11 Å². The van der Waals surface area contributed by atoms with Crippen molar-refractivity contribution in [1.29, 1.82) is 0 Å². The molecule has 2 aromatic rings. The minimum Gasteiger partial charge on any atom is -0.388 e. The minimum absolute atomic E-state index is 0.195. The highest BCUT2D eigenvalue weighted by molar-refractivity contribution is 9.10. The Morgan fingerprint density at radius 1 is 1.16 bits per heavy atom. The maximum Gasteiger partial charge on any atom is 0.137 e. The van der Waals surface area contributed by atoms with Gasteiger partial charge in [0.05, 0.1) is 10.6 Å². The van der Waals surface area contributed by atoms with Crippen molar-refractivity contribution in [3.05, 3.63) is 68.7 Å². The average molecular weight is 348 g/mol. The normalized spacial score (nSPS) is 12.5. The van der Waals surface area contributed by atoms with Crippen molar-refractivity contribution in [3.63, 3.8) is 0 Å². The maximum atomic E-state index is 13.4. The third-order valence-electron chi connectivity index (χ3n) is 2.76. The van der Waals surface area contributed by atoms with Gasteiger partial charge in [0.2, 0.25) is 0 Å². The fraction of sp³-hybridized carbons (Fsp3) is 0.143. The second-order valence-corrected chi connectivity index (χ2v) is 5.39. The zero-order valence-electron chi connectivity index (χ0n) is 9.71. The minimum atomic E-state index is -0.898. The van der Waals surface area contributed by atoms with Gasteiger partial charge in [-0.1, -0.05) is 23.7 Å². The Kier molecular flexibility index (Phi) is 4.55. The van der Waals surface area contributed by atoms with E-state index in [9.17, 15) is 13.9 Å². The van der Waals surface area contributed by atoms with Crippen molar-refractivity contribution in [2.75, 3.05) is 0 Å². The molecule has 0 aromatic heterocycles. The van der Waals surface area contributed by atoms with Crippen LogP contribution in [-0.2, 0) is 6.42 Å². The van der Waals surface area contributed by atoms with Crippen LogP contribution in [0.5, 0.6) is 0 Å². The Morgan fingerprint density at radius 2 is 1.89 bits per heavy atom. The molecule has 0 aliphatic rings. The molecule has 0 saturated heterocycles. The topological polar surface area (TPSA) is 20.2 Å². The Labute approximate surface area is 123 Å². The van der Waals surface area contributed by atoms with Crippen LogP contribution in [0.4, 0.5) is 8.78 Å². The van der Waals surface area contributed by atoms with E-state index in [4.69, 9.17) is 11.6 Å². The standard InChI is InChI=1S/C14H10BrClF2O/c15-11-4-2-9(5-13(11)18)14(19)6-8-1-3-10(17)7-12(8)16/h1-5,7,14,19H,6H2. The number of rotatable bonds is 3. The Morgan fingerprint density at radius 3 is 2.53 bits per heavy atom. The summed E-state index contributed by atoms with van der Waals surface area (Å²) in [7, 11) is 0. The molecule has 0 aliphatic heterocycles. The fourth-order valence-electron chi connectivity index (χ4n) is 1.73. The molecule has 0 bridgehead atoms. The second-order valence-electron chi connectivity index (χ2n) is 4.13. The quantitative estimate of drug-likeness (QED) is 0.856. The first-order valence-corrected chi connectivity index (χ1v) is 6.71. The van der Waals surface area contributed by atoms with Gasteiger partial charge in [-0.25, -0.2) is 8.78 Å². The van der Waals surface area contributed by atoms with Crippen molar-refractivity contribution in [3.8, 4) is 0 Å². The van der Waals surface area contributed by atoms with Crippen molar-refractivity contribution >= 4 is 27.5 Å². The lowest BCUT2D eigenvalue weighted by Gasteiger charge is -2.12. The maximum absolute atomic E-state index is 13.4. The summed E-state index contributed by atoms with van der Waals surface area (Å²) in [5.41, 5.74) is 1.06. The second kappa shape index (κ2) is 5.99. The van der Waals surface area contributed by atoms with Crippen LogP contribution < -0.4 is 0 Å². The zero-order valence-corrected chi connectivity index (χ0v) is 12.0. The lowest BCUT2D eigenvalue weighted by atomic mass is 10.0. The fourth-order valence-corrected chi connectivity index (χ4v) is 2.22. The first-order chi connectivity index (χ1) is 8.97. The van der Waals surface area contributed by atoms with E-state index in [0.29, 0.717) is 15.6 Å². The molecule has 0 radical (unpaired) electrons. The predicted molar refractivity (Wildman–Crippen MR) is 74.2 cm³/mol. The van der Waals surface area contributed by atoms with Crippen molar-refractivity contribution in [2.24, 2.45) is 0 Å². The van der Waals surface area contributed by atoms with E-state index < -0.39 is 17.7 Å². The molecular formula is C14H10BrClF2O. The molecule has 0 spiro atoms. The first kappa shape index (κ1) is 14.4. The van der Waals surface area contributed by atoms with Crippen LogP contribution in [0.25, 0.3) is 0 Å². The Balaban J connectivity index is 2.20. The van der Waals surface area contributed by atoms with E-state index in [-0.39, 0.29) is 11.4 Å². The average Bonchev–Trinajstić information content (AvgIpc) is 2.36. The molecule has 1 atom stereocenters. The van der Waals surface area contributed by atoms with E-state index in [0.717, 1.165) is 0 Å². The molecule has 0 fully saturated rings. The summed E-state index contributed by atoms with van der Waals surface area (Å²) in [6.07, 6.45) is -0.703. The first-order valence-electron chi connectivity index (χ1n) is 5.54. The Hall–Kier alpha value is -0.970. The smallest absolute Gasteiger partial charge is 0.137 e. The Bertz CT molecular complexity index is 604. The number of hydrogen-bond acceptors (Lipinski definition) is 1. The molecular weight excluding hydrogens is 338 g/mol. The molecule has 0 saturated carbocycles. The van der Waals surface area contributed by atoms with E-state index in [1.807, 2.05) is 0 Å². The lowest BCUT2D eigenvalue weighted by molar-refractivity contribution is 0.178. The van der Waals surface area contributed by atoms with Crippen molar-refractivity contribution in [2.45, 2.75) is 12.5 Å². The number of halogens is 4. The third kappa shape index (κ3) is 3.53. The summed E-state index contributed by atoms with van der Waals surface area (Å²) in [5.74, 6) is -0.875. The van der Waals surface area contributed by atoms with Crippen LogP contribution in [0.15, 0.2) is 40.9 Å². The summed E-state index contributed by atoms with van der Waals surface area (Å²) in [4.78, 5) is 0. The highest BCUT2D eigenvalue weighted by atomic mass is 79.9. The molecule has 2 aromatic carbocycles. The van der Waals surface area contributed by atoms with Gasteiger partial charge in [-0.3, -0.25) is 0 Å². The van der Waals surface area contributed by atoms with Crippen LogP contribution in [-0.4, -0.2) is 5.11 Å². The highest BCUT2D eigenvalue weighted by Crippen LogP contribution is 2.26. The summed E-state index contributed by atoms with van der Waals surface area (Å²) >= 11 is 8.93. The van der Waals surface area contributed by atoms with Crippen LogP contribution in [0.1, 0.15) is 17.2 Å². The van der Waals surface area contributed by atoms with Crippen LogP contribution >= 0.6 is 27.5 Å². The highest BCUT2D eigenvalue weighted by Gasteiger charge is 2.13. The van der Waals surface area contributed by atoms with Crippen LogP contribution in [0, 0.1) is 11.6 Å². The zero-order chi connectivity index (χ0) is 14.0. The van der Waals surface area contributed by atoms with Crippen molar-refractivity contribution < 1.29 is 13.9 Å². The molecule has 100 valence electrons. The number of benzene rings is 2. The molecule has 1 N–H and O–H groups in total. The third-order valence-corrected chi connectivity index (χ3v) is 3.75. The van der Waals surface area contributed by atoms with E-state index in [1.54, 1.807) is 6.07 Å². The molecule has 0 heterocycles. The van der Waals surface area contributed by atoms with Gasteiger partial charge in [-0.05, 0) is 51.3 Å². The van der Waals surface area contributed by atoms with Gasteiger partial charge in [-0.2, -0.15) is 0 Å². The van der Waals surface area contributed by atoms with Gasteiger partial charge >= 0.3 is 0 Å². The molecule has 1 nitrogen and oxygen atoms in total. The molecule has 0 amide bonds. The van der Waals surface area contributed by atoms with Gasteiger partial charge in [0, 0.05) is 11.4 Å². The summed E-state index contributed by atoms with van der Waals surface area (Å²) in [5, 5.41) is 10.3. The number of aliphatic hydroxyl groups excluding tert-OH is 1. The van der Waals surface area contributed by atoms with Gasteiger partial charge in [0.1, 0.15) is 11.6 Å². The van der Waals surface area contributed by atoms with Gasteiger partial charge in [0.15, 0.2) is 0 Å². The SMILES string of the molecule is OC(Cc1ccc(F)cc1Cl)c1ccc(Br)c(F)c1. The van der Waals surface area contributed by atoms with E-state index in [1.165, 1.54) is 30.3 Å². The molecule has 0 aliphatic carbocycles. The summed E-state index contributed by atoms with van der Waals surface area (Å²) in [6.45, 7) is 0. The van der Waals surface area contributed by atoms with Gasteiger partial charge in [0.25, 0.3) is 0 Å². The summed E-state index contributed by atoms with van der Waals surface area (Å²) in [6, 6.07) is 8.37. The van der Waals surface area contributed by atoms with Crippen molar-refractivity contribution in [1.82, 2.24) is 0 Å². The molecule has 5 heteroatoms. The molecule has 19 heavy (non-hydrogen) atoms. The number of aliphatic hydroxyl groups is 1. The van der Waals surface area contributed by atoms with Gasteiger partial charge in [-0.15, -0.1) is 0 Å². The monoisotopic (exact) mass is 346 g/mol. The largest absolute Gasteiger partial charge is 0.388 e. The number of hydrogen-bond donors (Lipinski definition) is 1. The lowest BCUT2D eigenvalue weighted by Crippen LogP contribution is -2.03. The van der Waals surface area contributed by atoms with E-state index >= 15 is 0 Å². The van der Waals surface area contributed by atoms with Crippen LogP contribution in [0.3, 0.4) is 0 Å². The predicted octanol–water partition coefficient (Wildman–Crippen LogP) is 4.66. The summed E-state index contributed by atoms with van der Waals surface area (Å²) < 4.78 is 26.6. The van der Waals surface area contributed by atoms with E-state index in [2.05, 4.69) is 15.9 Å². The van der Waals surface area contributed by atoms with Crippen LogP contribution in [0.2, 0.25) is 5.02 Å². The molecule has 1 unspecified atom stereocenters. The molecule has 2 rings (SSSR count).